The Kier molecular flexibility index (Phi) is 3.92. The molecule has 0 amide bonds. The predicted octanol–water partition coefficient (Wildman–Crippen LogP) is 3.83. The van der Waals surface area contributed by atoms with Gasteiger partial charge in [0.05, 0.1) is 0 Å². The van der Waals surface area contributed by atoms with Crippen molar-refractivity contribution in [1.29, 1.82) is 0 Å². The molecule has 0 bridgehead atoms. The first-order chi connectivity index (χ1) is 9.67. The van der Waals surface area contributed by atoms with Crippen LogP contribution < -0.4 is 10.2 Å². The lowest BCUT2D eigenvalue weighted by Gasteiger charge is -2.31. The third-order valence-electron chi connectivity index (χ3n) is 4.37. The quantitative estimate of drug-likeness (QED) is 0.896. The number of nitrogens with zero attached hydrogens (tertiary/aromatic N) is 2. The lowest BCUT2D eigenvalue weighted by molar-refractivity contribution is 0.359. The molecule has 1 saturated carbocycles. The summed E-state index contributed by atoms with van der Waals surface area (Å²) < 4.78 is 0. The summed E-state index contributed by atoms with van der Waals surface area (Å²) in [7, 11) is 4.12. The molecule has 1 N–H and O–H groups in total. The maximum absolute atomic E-state index is 4.78. The molecule has 0 radical (unpaired) electrons. The van der Waals surface area contributed by atoms with E-state index in [9.17, 15) is 0 Å². The van der Waals surface area contributed by atoms with Gasteiger partial charge in [0.15, 0.2) is 5.17 Å². The lowest BCUT2D eigenvalue weighted by atomic mass is 9.89. The molecule has 20 heavy (non-hydrogen) atoms. The number of nitrogens with one attached hydrogen (secondary N) is 1. The standard InChI is InChI=1S/C16H23N3S/c1-19(2)14-7-5-13(6-8-14)18-15-17-11-16(12-20-15)9-3-4-10-16/h5-8H,3-4,9-12H2,1-2H3,(H,17,18). The second-order valence-corrected chi connectivity index (χ2v) is 7.15. The molecule has 1 aromatic carbocycles. The highest BCUT2D eigenvalue weighted by Crippen LogP contribution is 2.43. The SMILES string of the molecule is CN(C)c1ccc(NC2=NCC3(CCCC3)CS2)cc1. The van der Waals surface area contributed by atoms with E-state index in [-0.39, 0.29) is 0 Å². The van der Waals surface area contributed by atoms with Crippen LogP contribution in [-0.4, -0.2) is 31.6 Å². The van der Waals surface area contributed by atoms with Crippen LogP contribution >= 0.6 is 11.8 Å². The number of hydrogen-bond acceptors (Lipinski definition) is 4. The monoisotopic (exact) mass is 289 g/mol. The molecule has 0 unspecified atom stereocenters. The predicted molar refractivity (Wildman–Crippen MR) is 90.1 cm³/mol. The minimum atomic E-state index is 0.518. The van der Waals surface area contributed by atoms with Crippen molar-refractivity contribution < 1.29 is 0 Å². The van der Waals surface area contributed by atoms with E-state index < -0.39 is 0 Å². The van der Waals surface area contributed by atoms with Crippen molar-refractivity contribution in [3.8, 4) is 0 Å². The third kappa shape index (κ3) is 2.95. The molecule has 108 valence electrons. The molecule has 3 nitrogen and oxygen atoms in total. The Balaban J connectivity index is 1.62. The highest BCUT2D eigenvalue weighted by molar-refractivity contribution is 8.14. The molecule has 1 heterocycles. The number of thioether (sulfide) groups is 1. The summed E-state index contributed by atoms with van der Waals surface area (Å²) in [5.74, 6) is 1.23. The number of aliphatic imine (C=N–C) groups is 1. The van der Waals surface area contributed by atoms with Crippen LogP contribution in [0.5, 0.6) is 0 Å². The van der Waals surface area contributed by atoms with Crippen LogP contribution in [-0.2, 0) is 0 Å². The first-order valence-corrected chi connectivity index (χ1v) is 8.37. The molecule has 0 saturated heterocycles. The van der Waals surface area contributed by atoms with Crippen LogP contribution in [0.4, 0.5) is 11.4 Å². The van der Waals surface area contributed by atoms with E-state index in [4.69, 9.17) is 4.99 Å². The zero-order valence-electron chi connectivity index (χ0n) is 12.4. The summed E-state index contributed by atoms with van der Waals surface area (Å²) in [6, 6.07) is 8.51. The number of hydrogen-bond donors (Lipinski definition) is 1. The number of benzene rings is 1. The number of anilines is 2. The molecule has 3 rings (SSSR count). The van der Waals surface area contributed by atoms with E-state index in [1.807, 2.05) is 11.8 Å². The van der Waals surface area contributed by atoms with Gasteiger partial charge in [0.25, 0.3) is 0 Å². The Hall–Kier alpha value is -1.16. The van der Waals surface area contributed by atoms with Gasteiger partial charge in [-0.15, -0.1) is 0 Å². The second-order valence-electron chi connectivity index (χ2n) is 6.18. The minimum absolute atomic E-state index is 0.518. The van der Waals surface area contributed by atoms with Gasteiger partial charge < -0.3 is 10.2 Å². The van der Waals surface area contributed by atoms with Gasteiger partial charge in [-0.25, -0.2) is 0 Å². The molecular weight excluding hydrogens is 266 g/mol. The van der Waals surface area contributed by atoms with Gasteiger partial charge in [-0.2, -0.15) is 0 Å². The fraction of sp³-hybridized carbons (Fsp3) is 0.562. The normalized spacial score (nSPS) is 20.8. The summed E-state index contributed by atoms with van der Waals surface area (Å²) in [4.78, 5) is 6.89. The number of rotatable bonds is 2. The Morgan fingerprint density at radius 2 is 1.85 bits per heavy atom. The molecule has 1 aliphatic carbocycles. The topological polar surface area (TPSA) is 27.6 Å². The molecule has 1 fully saturated rings. The first-order valence-electron chi connectivity index (χ1n) is 7.39. The highest BCUT2D eigenvalue weighted by Gasteiger charge is 2.36. The average Bonchev–Trinajstić information content (AvgIpc) is 2.91. The van der Waals surface area contributed by atoms with E-state index in [1.165, 1.54) is 37.1 Å². The van der Waals surface area contributed by atoms with Gasteiger partial charge in [-0.05, 0) is 42.5 Å². The fourth-order valence-electron chi connectivity index (χ4n) is 3.02. The van der Waals surface area contributed by atoms with Crippen molar-refractivity contribution in [2.24, 2.45) is 10.4 Å². The molecule has 1 aromatic rings. The summed E-state index contributed by atoms with van der Waals surface area (Å²) in [6.45, 7) is 1.01. The van der Waals surface area contributed by atoms with Crippen LogP contribution in [0.2, 0.25) is 0 Å². The van der Waals surface area contributed by atoms with Gasteiger partial charge in [-0.3, -0.25) is 4.99 Å². The lowest BCUT2D eigenvalue weighted by Crippen LogP contribution is -2.30. The summed E-state index contributed by atoms with van der Waals surface area (Å²) in [6.07, 6.45) is 5.53. The Morgan fingerprint density at radius 1 is 1.15 bits per heavy atom. The largest absolute Gasteiger partial charge is 0.378 e. The Morgan fingerprint density at radius 3 is 2.40 bits per heavy atom. The summed E-state index contributed by atoms with van der Waals surface area (Å²) >= 11 is 1.89. The van der Waals surface area contributed by atoms with E-state index in [0.717, 1.165) is 17.4 Å². The van der Waals surface area contributed by atoms with Gasteiger partial charge >= 0.3 is 0 Å². The Bertz CT molecular complexity index is 487. The van der Waals surface area contributed by atoms with Crippen molar-refractivity contribution in [1.82, 2.24) is 0 Å². The van der Waals surface area contributed by atoms with E-state index in [2.05, 4.69) is 48.6 Å². The molecule has 1 spiro atoms. The smallest absolute Gasteiger partial charge is 0.161 e. The van der Waals surface area contributed by atoms with Crippen LogP contribution in [0.3, 0.4) is 0 Å². The molecule has 1 aliphatic heterocycles. The molecule has 2 aliphatic rings. The minimum Gasteiger partial charge on any atom is -0.378 e. The van der Waals surface area contributed by atoms with Gasteiger partial charge in [0, 0.05) is 37.8 Å². The zero-order chi connectivity index (χ0) is 14.0. The maximum atomic E-state index is 4.78. The highest BCUT2D eigenvalue weighted by atomic mass is 32.2. The average molecular weight is 289 g/mol. The van der Waals surface area contributed by atoms with E-state index >= 15 is 0 Å². The van der Waals surface area contributed by atoms with Crippen LogP contribution in [0, 0.1) is 5.41 Å². The molecule has 0 atom stereocenters. The summed E-state index contributed by atoms with van der Waals surface area (Å²) in [5, 5.41) is 4.53. The zero-order valence-corrected chi connectivity index (χ0v) is 13.2. The first kappa shape index (κ1) is 13.8. The van der Waals surface area contributed by atoms with Crippen molar-refractivity contribution in [3.63, 3.8) is 0 Å². The third-order valence-corrected chi connectivity index (χ3v) is 5.63. The fourth-order valence-corrected chi connectivity index (χ4v) is 4.19. The number of amidine groups is 1. The van der Waals surface area contributed by atoms with Crippen LogP contribution in [0.1, 0.15) is 25.7 Å². The van der Waals surface area contributed by atoms with Crippen LogP contribution in [0.15, 0.2) is 29.3 Å². The van der Waals surface area contributed by atoms with Crippen molar-refractivity contribution in [2.75, 3.05) is 36.6 Å². The molecule has 4 heteroatoms. The summed E-state index contributed by atoms with van der Waals surface area (Å²) in [5.41, 5.74) is 2.87. The van der Waals surface area contributed by atoms with Gasteiger partial charge in [0.2, 0.25) is 0 Å². The van der Waals surface area contributed by atoms with Crippen molar-refractivity contribution in [3.05, 3.63) is 24.3 Å². The maximum Gasteiger partial charge on any atom is 0.161 e. The van der Waals surface area contributed by atoms with Gasteiger partial charge in [0.1, 0.15) is 0 Å². The Labute approximate surface area is 125 Å². The molecular formula is C16H23N3S. The van der Waals surface area contributed by atoms with Gasteiger partial charge in [-0.1, -0.05) is 24.6 Å². The molecule has 0 aromatic heterocycles. The van der Waals surface area contributed by atoms with E-state index in [1.54, 1.807) is 0 Å². The van der Waals surface area contributed by atoms with Crippen molar-refractivity contribution >= 4 is 28.3 Å². The van der Waals surface area contributed by atoms with Crippen LogP contribution in [0.25, 0.3) is 0 Å². The second kappa shape index (κ2) is 5.68. The van der Waals surface area contributed by atoms with Crippen molar-refractivity contribution in [2.45, 2.75) is 25.7 Å². The van der Waals surface area contributed by atoms with E-state index in [0.29, 0.717) is 5.41 Å².